The average Bonchev–Trinajstić information content (AvgIpc) is 3.41. The molecule has 29 heavy (non-hydrogen) atoms. The zero-order valence-electron chi connectivity index (χ0n) is 18.2. The second-order valence-electron chi connectivity index (χ2n) is 8.28. The molecule has 2 heterocycles. The van der Waals surface area contributed by atoms with Gasteiger partial charge in [-0.1, -0.05) is 83.6 Å². The lowest BCUT2D eigenvalue weighted by molar-refractivity contribution is 0.0141. The highest BCUT2D eigenvalue weighted by molar-refractivity contribution is 7.20. The summed E-state index contributed by atoms with van der Waals surface area (Å²) >= 11 is 3.53. The van der Waals surface area contributed by atoms with Crippen LogP contribution in [0.25, 0.3) is 9.75 Å². The van der Waals surface area contributed by atoms with Crippen LogP contribution >= 0.6 is 22.7 Å². The third-order valence-electron chi connectivity index (χ3n) is 5.85. The summed E-state index contributed by atoms with van der Waals surface area (Å²) in [5, 5.41) is 24.9. The molecule has 2 nitrogen and oxygen atoms in total. The second kappa shape index (κ2) is 14.3. The maximum absolute atomic E-state index is 11.8. The van der Waals surface area contributed by atoms with Crippen LogP contribution in [-0.2, 0) is 5.60 Å². The summed E-state index contributed by atoms with van der Waals surface area (Å²) in [5.74, 6) is 0. The molecule has 0 bridgehead atoms. The van der Waals surface area contributed by atoms with E-state index in [-0.39, 0.29) is 0 Å². The van der Waals surface area contributed by atoms with E-state index in [1.807, 2.05) is 0 Å². The molecule has 1 atom stereocenters. The van der Waals surface area contributed by atoms with Crippen molar-refractivity contribution in [3.8, 4) is 9.75 Å². The fourth-order valence-electron chi connectivity index (χ4n) is 4.10. The number of thiophene rings is 2. The summed E-state index contributed by atoms with van der Waals surface area (Å²) in [4.78, 5) is 2.54. The summed E-state index contributed by atoms with van der Waals surface area (Å²) in [7, 11) is 0. The van der Waals surface area contributed by atoms with Crippen molar-refractivity contribution in [2.75, 3.05) is 6.61 Å². The van der Waals surface area contributed by atoms with E-state index < -0.39 is 5.60 Å². The van der Waals surface area contributed by atoms with Gasteiger partial charge in [0, 0.05) is 17.0 Å². The van der Waals surface area contributed by atoms with E-state index in [2.05, 4.69) is 35.9 Å². The largest absolute Gasteiger partial charge is 0.396 e. The fourth-order valence-corrected chi connectivity index (χ4v) is 5.98. The summed E-state index contributed by atoms with van der Waals surface area (Å²) in [5.41, 5.74) is 0.452. The number of aliphatic hydroxyl groups excluding tert-OH is 1. The third kappa shape index (κ3) is 8.53. The van der Waals surface area contributed by atoms with E-state index in [4.69, 9.17) is 5.11 Å². The van der Waals surface area contributed by atoms with Crippen molar-refractivity contribution in [1.82, 2.24) is 0 Å². The summed E-state index contributed by atoms with van der Waals surface area (Å²) in [6.07, 6.45) is 15.9. The van der Waals surface area contributed by atoms with Gasteiger partial charge < -0.3 is 10.2 Å². The van der Waals surface area contributed by atoms with Crippen molar-refractivity contribution in [2.45, 2.75) is 102 Å². The van der Waals surface area contributed by atoms with Crippen LogP contribution in [0.3, 0.4) is 0 Å². The van der Waals surface area contributed by atoms with Crippen molar-refractivity contribution in [3.05, 3.63) is 34.5 Å². The quantitative estimate of drug-likeness (QED) is 0.246. The lowest BCUT2D eigenvalue weighted by atomic mass is 9.83. The van der Waals surface area contributed by atoms with Gasteiger partial charge in [0.2, 0.25) is 0 Å². The Morgan fingerprint density at radius 2 is 1.38 bits per heavy atom. The average molecular weight is 437 g/mol. The van der Waals surface area contributed by atoms with Crippen LogP contribution in [-0.4, -0.2) is 16.8 Å². The Morgan fingerprint density at radius 1 is 0.759 bits per heavy atom. The first kappa shape index (κ1) is 24.6. The first-order chi connectivity index (χ1) is 14.2. The molecule has 1 unspecified atom stereocenters. The fraction of sp³-hybridized carbons (Fsp3) is 0.680. The van der Waals surface area contributed by atoms with E-state index in [0.717, 1.165) is 44.1 Å². The molecule has 0 aliphatic carbocycles. The Morgan fingerprint density at radius 3 is 1.97 bits per heavy atom. The van der Waals surface area contributed by atoms with Crippen LogP contribution in [0.4, 0.5) is 0 Å². The molecule has 2 N–H and O–H groups in total. The number of unbranched alkanes of at least 4 members (excludes halogenated alkanes) is 10. The highest BCUT2D eigenvalue weighted by atomic mass is 32.1. The van der Waals surface area contributed by atoms with Crippen molar-refractivity contribution < 1.29 is 10.2 Å². The minimum atomic E-state index is -0.699. The van der Waals surface area contributed by atoms with Crippen LogP contribution in [0.5, 0.6) is 0 Å². The Kier molecular flexibility index (Phi) is 12.2. The van der Waals surface area contributed by atoms with Gasteiger partial charge in [-0.15, -0.1) is 22.7 Å². The first-order valence-corrected chi connectivity index (χ1v) is 13.4. The third-order valence-corrected chi connectivity index (χ3v) is 7.82. The second-order valence-corrected chi connectivity index (χ2v) is 10.1. The van der Waals surface area contributed by atoms with Crippen molar-refractivity contribution in [2.24, 2.45) is 0 Å². The number of rotatable bonds is 17. The van der Waals surface area contributed by atoms with Crippen LogP contribution in [0.2, 0.25) is 0 Å². The van der Waals surface area contributed by atoms with E-state index in [0.29, 0.717) is 6.61 Å². The highest BCUT2D eigenvalue weighted by Crippen LogP contribution is 2.43. The molecule has 0 aromatic carbocycles. The molecule has 0 saturated heterocycles. The SMILES string of the molecule is CCCCCCCCC(O)(CCCCCCCCO)c1ccsc1-c1cccs1. The molecule has 0 saturated carbocycles. The molecule has 0 amide bonds. The predicted molar refractivity (Wildman–Crippen MR) is 129 cm³/mol. The molecule has 4 heteroatoms. The standard InChI is InChI=1S/C25H40O2S2/c1-2-3-4-5-8-11-17-25(27,18-12-9-6-7-10-13-19-26)22-16-21-29-24(22)23-15-14-20-28-23/h14-16,20-21,26-27H,2-13,17-19H2,1H3. The molecule has 2 aromatic rings. The highest BCUT2D eigenvalue weighted by Gasteiger charge is 2.32. The Bertz CT molecular complexity index is 635. The number of hydrogen-bond acceptors (Lipinski definition) is 4. The maximum atomic E-state index is 11.8. The van der Waals surface area contributed by atoms with Crippen molar-refractivity contribution >= 4 is 22.7 Å². The molecule has 0 spiro atoms. The molecule has 0 radical (unpaired) electrons. The van der Waals surface area contributed by atoms with E-state index >= 15 is 0 Å². The van der Waals surface area contributed by atoms with Gasteiger partial charge in [-0.2, -0.15) is 0 Å². The van der Waals surface area contributed by atoms with E-state index in [1.165, 1.54) is 61.1 Å². The number of aliphatic hydroxyl groups is 2. The number of hydrogen-bond donors (Lipinski definition) is 2. The van der Waals surface area contributed by atoms with Gasteiger partial charge in [0.25, 0.3) is 0 Å². The van der Waals surface area contributed by atoms with Gasteiger partial charge in [-0.3, -0.25) is 0 Å². The normalized spacial score (nSPS) is 13.6. The zero-order chi connectivity index (χ0) is 20.8. The molecule has 0 fully saturated rings. The van der Waals surface area contributed by atoms with Crippen molar-refractivity contribution in [3.63, 3.8) is 0 Å². The van der Waals surface area contributed by atoms with Gasteiger partial charge in [-0.25, -0.2) is 0 Å². The Balaban J connectivity index is 1.95. The smallest absolute Gasteiger partial charge is 0.0911 e. The van der Waals surface area contributed by atoms with Crippen LogP contribution in [0.15, 0.2) is 29.0 Å². The molecule has 0 aliphatic heterocycles. The van der Waals surface area contributed by atoms with E-state index in [9.17, 15) is 5.11 Å². The molecule has 164 valence electrons. The summed E-state index contributed by atoms with van der Waals surface area (Å²) in [6, 6.07) is 6.44. The van der Waals surface area contributed by atoms with Gasteiger partial charge in [0.05, 0.1) is 10.5 Å². The maximum Gasteiger partial charge on any atom is 0.0911 e. The Labute approximate surface area is 186 Å². The van der Waals surface area contributed by atoms with Crippen molar-refractivity contribution in [1.29, 1.82) is 0 Å². The lowest BCUT2D eigenvalue weighted by Gasteiger charge is -2.29. The van der Waals surface area contributed by atoms with Gasteiger partial charge in [0.15, 0.2) is 0 Å². The molecule has 0 aliphatic rings. The summed E-state index contributed by atoms with van der Waals surface area (Å²) in [6.45, 7) is 2.56. The molecule has 2 aromatic heterocycles. The minimum Gasteiger partial charge on any atom is -0.396 e. The monoisotopic (exact) mass is 436 g/mol. The summed E-state index contributed by atoms with van der Waals surface area (Å²) < 4.78 is 0. The molecular weight excluding hydrogens is 396 g/mol. The molecular formula is C25H40O2S2. The lowest BCUT2D eigenvalue weighted by Crippen LogP contribution is -2.26. The van der Waals surface area contributed by atoms with Gasteiger partial charge in [-0.05, 0) is 42.2 Å². The van der Waals surface area contributed by atoms with Crippen LogP contribution in [0, 0.1) is 0 Å². The minimum absolute atomic E-state index is 0.307. The van der Waals surface area contributed by atoms with Crippen LogP contribution < -0.4 is 0 Å². The predicted octanol–water partition coefficient (Wildman–Crippen LogP) is 8.14. The topological polar surface area (TPSA) is 40.5 Å². The van der Waals surface area contributed by atoms with E-state index in [1.54, 1.807) is 22.7 Å². The van der Waals surface area contributed by atoms with Crippen LogP contribution in [0.1, 0.15) is 102 Å². The Hall–Kier alpha value is -0.680. The molecule has 2 rings (SSSR count). The zero-order valence-corrected chi connectivity index (χ0v) is 19.8. The first-order valence-electron chi connectivity index (χ1n) is 11.7. The van der Waals surface area contributed by atoms with Gasteiger partial charge in [0.1, 0.15) is 0 Å². The van der Waals surface area contributed by atoms with Gasteiger partial charge >= 0.3 is 0 Å².